The van der Waals surface area contributed by atoms with Gasteiger partial charge in [0.15, 0.2) is 0 Å². The van der Waals surface area contributed by atoms with Crippen molar-refractivity contribution in [1.29, 1.82) is 0 Å². The second-order valence-corrected chi connectivity index (χ2v) is 6.72. The first-order valence-corrected chi connectivity index (χ1v) is 8.85. The monoisotopic (exact) mass is 342 g/mol. The number of aryl methyl sites for hydroxylation is 1. The number of amides is 1. The third-order valence-electron chi connectivity index (χ3n) is 4.93. The number of carbonyl (C=O) groups excluding carboxylic acids is 1. The van der Waals surface area contributed by atoms with Crippen molar-refractivity contribution in [3.05, 3.63) is 23.8 Å². The Labute approximate surface area is 148 Å². The SMILES string of the molecule is CCC(=O)Nc1cc(N2C(N)=NC(N)=NC23CCCCC3)ccc1C. The van der Waals surface area contributed by atoms with E-state index in [0.29, 0.717) is 12.4 Å². The molecule has 0 radical (unpaired) electrons. The number of rotatable bonds is 3. The van der Waals surface area contributed by atoms with E-state index in [1.165, 1.54) is 6.42 Å². The van der Waals surface area contributed by atoms with E-state index in [9.17, 15) is 4.79 Å². The second kappa shape index (κ2) is 6.74. The van der Waals surface area contributed by atoms with Gasteiger partial charge in [-0.2, -0.15) is 4.99 Å². The van der Waals surface area contributed by atoms with Crippen LogP contribution in [0, 0.1) is 6.92 Å². The largest absolute Gasteiger partial charge is 0.369 e. The summed E-state index contributed by atoms with van der Waals surface area (Å²) in [5.41, 5.74) is 14.3. The number of carbonyl (C=O) groups is 1. The summed E-state index contributed by atoms with van der Waals surface area (Å²) in [6.07, 6.45) is 5.54. The number of hydrogen-bond donors (Lipinski definition) is 3. The Bertz CT molecular complexity index is 733. The quantitative estimate of drug-likeness (QED) is 0.784. The van der Waals surface area contributed by atoms with Crippen LogP contribution in [0.3, 0.4) is 0 Å². The van der Waals surface area contributed by atoms with Crippen molar-refractivity contribution in [2.24, 2.45) is 21.5 Å². The van der Waals surface area contributed by atoms with Crippen LogP contribution in [0.1, 0.15) is 51.0 Å². The summed E-state index contributed by atoms with van der Waals surface area (Å²) >= 11 is 0. The van der Waals surface area contributed by atoms with E-state index in [0.717, 1.165) is 42.6 Å². The smallest absolute Gasteiger partial charge is 0.224 e. The molecule has 1 aromatic carbocycles. The third kappa shape index (κ3) is 3.31. The molecule has 0 unspecified atom stereocenters. The fraction of sp³-hybridized carbons (Fsp3) is 0.500. The zero-order valence-electron chi connectivity index (χ0n) is 14.9. The number of aliphatic imine (C=N–C) groups is 2. The first kappa shape index (κ1) is 17.3. The van der Waals surface area contributed by atoms with Gasteiger partial charge in [-0.25, -0.2) is 4.99 Å². The Morgan fingerprint density at radius 2 is 2.00 bits per heavy atom. The lowest BCUT2D eigenvalue weighted by Crippen LogP contribution is -2.58. The minimum absolute atomic E-state index is 0.0184. The van der Waals surface area contributed by atoms with Crippen molar-refractivity contribution < 1.29 is 4.79 Å². The number of nitrogens with one attached hydrogen (secondary N) is 1. The van der Waals surface area contributed by atoms with Gasteiger partial charge in [-0.15, -0.1) is 0 Å². The van der Waals surface area contributed by atoms with E-state index in [-0.39, 0.29) is 11.9 Å². The molecule has 1 aromatic rings. The van der Waals surface area contributed by atoms with E-state index < -0.39 is 5.66 Å². The molecule has 134 valence electrons. The van der Waals surface area contributed by atoms with Gasteiger partial charge in [0.2, 0.25) is 17.8 Å². The highest BCUT2D eigenvalue weighted by Gasteiger charge is 2.42. The molecule has 0 bridgehead atoms. The van der Waals surface area contributed by atoms with Gasteiger partial charge >= 0.3 is 0 Å². The molecule has 1 aliphatic carbocycles. The first-order valence-electron chi connectivity index (χ1n) is 8.85. The molecular weight excluding hydrogens is 316 g/mol. The Morgan fingerprint density at radius 3 is 2.68 bits per heavy atom. The van der Waals surface area contributed by atoms with Gasteiger partial charge in [0, 0.05) is 17.8 Å². The summed E-state index contributed by atoms with van der Waals surface area (Å²) < 4.78 is 0. The minimum Gasteiger partial charge on any atom is -0.369 e. The molecule has 1 fully saturated rings. The average Bonchev–Trinajstić information content (AvgIpc) is 2.57. The normalized spacial score (nSPS) is 19.4. The zero-order valence-corrected chi connectivity index (χ0v) is 14.9. The van der Waals surface area contributed by atoms with Crippen LogP contribution in [0.25, 0.3) is 0 Å². The molecule has 7 nitrogen and oxygen atoms in total. The van der Waals surface area contributed by atoms with Gasteiger partial charge in [-0.3, -0.25) is 9.69 Å². The Hall–Kier alpha value is -2.57. The molecule has 1 spiro atoms. The van der Waals surface area contributed by atoms with Gasteiger partial charge in [0.25, 0.3) is 0 Å². The van der Waals surface area contributed by atoms with E-state index in [1.807, 2.05) is 36.9 Å². The van der Waals surface area contributed by atoms with Crippen molar-refractivity contribution >= 4 is 29.2 Å². The van der Waals surface area contributed by atoms with E-state index in [1.54, 1.807) is 0 Å². The van der Waals surface area contributed by atoms with Crippen LogP contribution in [0.5, 0.6) is 0 Å². The third-order valence-corrected chi connectivity index (χ3v) is 4.93. The molecule has 2 aliphatic rings. The van der Waals surface area contributed by atoms with Crippen LogP contribution < -0.4 is 21.7 Å². The Morgan fingerprint density at radius 1 is 1.28 bits per heavy atom. The summed E-state index contributed by atoms with van der Waals surface area (Å²) in [7, 11) is 0. The number of nitrogens with zero attached hydrogens (tertiary/aromatic N) is 3. The van der Waals surface area contributed by atoms with E-state index in [2.05, 4.69) is 15.3 Å². The number of anilines is 2. The summed E-state index contributed by atoms with van der Waals surface area (Å²) in [5.74, 6) is 0.573. The lowest BCUT2D eigenvalue weighted by atomic mass is 9.87. The molecule has 1 amide bonds. The number of guanidine groups is 2. The molecule has 0 atom stereocenters. The van der Waals surface area contributed by atoms with E-state index >= 15 is 0 Å². The summed E-state index contributed by atoms with van der Waals surface area (Å²) in [5, 5.41) is 2.95. The van der Waals surface area contributed by atoms with Crippen molar-refractivity contribution in [2.45, 2.75) is 58.0 Å². The van der Waals surface area contributed by atoms with Gasteiger partial charge in [0.1, 0.15) is 5.66 Å². The second-order valence-electron chi connectivity index (χ2n) is 6.72. The maximum Gasteiger partial charge on any atom is 0.224 e. The lowest BCUT2D eigenvalue weighted by Gasteiger charge is -2.45. The number of benzene rings is 1. The maximum atomic E-state index is 11.8. The predicted octanol–water partition coefficient (Wildman–Crippen LogP) is 2.45. The average molecular weight is 342 g/mol. The molecule has 0 saturated heterocycles. The standard InChI is InChI=1S/C18H26N6O/c1-3-15(25)21-14-11-13(8-7-12(14)2)24-17(20)22-16(19)23-18(24)9-5-4-6-10-18/h7-8,11H,3-6,9-10H2,1-2H3,(H,21,25)(H4,19,20,22,23). The van der Waals surface area contributed by atoms with Crippen LogP contribution in [0.15, 0.2) is 28.2 Å². The molecule has 1 saturated carbocycles. The van der Waals surface area contributed by atoms with Crippen LogP contribution in [-0.4, -0.2) is 23.5 Å². The molecule has 1 aliphatic heterocycles. The van der Waals surface area contributed by atoms with E-state index in [4.69, 9.17) is 11.5 Å². The van der Waals surface area contributed by atoms with Crippen molar-refractivity contribution in [3.8, 4) is 0 Å². The van der Waals surface area contributed by atoms with Crippen LogP contribution in [-0.2, 0) is 4.79 Å². The molecule has 0 aromatic heterocycles. The van der Waals surface area contributed by atoms with Gasteiger partial charge < -0.3 is 16.8 Å². The molecule has 7 heteroatoms. The van der Waals surface area contributed by atoms with Gasteiger partial charge in [-0.1, -0.05) is 19.4 Å². The van der Waals surface area contributed by atoms with Crippen molar-refractivity contribution in [3.63, 3.8) is 0 Å². The zero-order chi connectivity index (χ0) is 18.0. The fourth-order valence-corrected chi connectivity index (χ4v) is 3.62. The molecule has 5 N–H and O–H groups in total. The van der Waals surface area contributed by atoms with Crippen molar-refractivity contribution in [1.82, 2.24) is 0 Å². The minimum atomic E-state index is -0.477. The highest BCUT2D eigenvalue weighted by atomic mass is 16.1. The Kier molecular flexibility index (Phi) is 4.65. The predicted molar refractivity (Wildman–Crippen MR) is 102 cm³/mol. The number of nitrogens with two attached hydrogens (primary N) is 2. The molecule has 3 rings (SSSR count). The van der Waals surface area contributed by atoms with Crippen LogP contribution >= 0.6 is 0 Å². The molecule has 1 heterocycles. The van der Waals surface area contributed by atoms with Crippen LogP contribution in [0.2, 0.25) is 0 Å². The van der Waals surface area contributed by atoms with Crippen molar-refractivity contribution in [2.75, 3.05) is 10.2 Å². The van der Waals surface area contributed by atoms with Crippen LogP contribution in [0.4, 0.5) is 11.4 Å². The first-order chi connectivity index (χ1) is 11.9. The summed E-state index contributed by atoms with van der Waals surface area (Å²) in [6.45, 7) is 3.80. The highest BCUT2D eigenvalue weighted by molar-refractivity contribution is 6.06. The number of hydrogen-bond acceptors (Lipinski definition) is 6. The summed E-state index contributed by atoms with van der Waals surface area (Å²) in [4.78, 5) is 22.6. The maximum absolute atomic E-state index is 11.8. The molecular formula is C18H26N6O. The molecule has 25 heavy (non-hydrogen) atoms. The van der Waals surface area contributed by atoms with Gasteiger partial charge in [-0.05, 0) is 50.3 Å². The Balaban J connectivity index is 2.02. The highest BCUT2D eigenvalue weighted by Crippen LogP contribution is 2.40. The van der Waals surface area contributed by atoms with Gasteiger partial charge in [0.05, 0.1) is 0 Å². The summed E-state index contributed by atoms with van der Waals surface area (Å²) in [6, 6.07) is 5.91. The lowest BCUT2D eigenvalue weighted by molar-refractivity contribution is -0.115. The fourth-order valence-electron chi connectivity index (χ4n) is 3.62. The topological polar surface area (TPSA) is 109 Å².